The van der Waals surface area contributed by atoms with Gasteiger partial charge in [0, 0.05) is 0 Å². The van der Waals surface area contributed by atoms with Crippen molar-refractivity contribution in [1.82, 2.24) is 0 Å². The fourth-order valence-electron chi connectivity index (χ4n) is 1.20. The molecule has 16 heavy (non-hydrogen) atoms. The Balaban J connectivity index is 0.00000225. The van der Waals surface area contributed by atoms with Crippen LogP contribution in [0.4, 0.5) is 12.9 Å². The average molecular weight is 251 g/mol. The molecule has 0 aromatic heterocycles. The number of benzene rings is 1. The van der Waals surface area contributed by atoms with Crippen LogP contribution in [0.5, 0.6) is 0 Å². The van der Waals surface area contributed by atoms with Crippen LogP contribution < -0.4 is 56.8 Å². The molecule has 0 aliphatic heterocycles. The van der Waals surface area contributed by atoms with Crippen LogP contribution in [0, 0.1) is 11.3 Å². The molecule has 1 aromatic rings. The summed E-state index contributed by atoms with van der Waals surface area (Å²) < 4.78 is 37.3. The van der Waals surface area contributed by atoms with E-state index >= 15 is 0 Å². The minimum atomic E-state index is -4.99. The van der Waals surface area contributed by atoms with Gasteiger partial charge in [0.2, 0.25) is 0 Å². The van der Waals surface area contributed by atoms with Crippen molar-refractivity contribution in [2.24, 2.45) is 0 Å². The zero-order valence-corrected chi connectivity index (χ0v) is 12.6. The predicted octanol–water partition coefficient (Wildman–Crippen LogP) is -0.454. The third kappa shape index (κ3) is 3.90. The molecule has 0 aliphatic rings. The van der Waals surface area contributed by atoms with Crippen molar-refractivity contribution in [3.8, 4) is 6.07 Å². The third-order valence-electron chi connectivity index (χ3n) is 2.27. The third-order valence-corrected chi connectivity index (χ3v) is 2.27. The van der Waals surface area contributed by atoms with Gasteiger partial charge < -0.3 is 12.9 Å². The van der Waals surface area contributed by atoms with Gasteiger partial charge >= 0.3 is 58.4 Å². The topological polar surface area (TPSA) is 23.8 Å². The minimum absolute atomic E-state index is 0. The van der Waals surface area contributed by atoms with Crippen LogP contribution in [0.15, 0.2) is 24.3 Å². The number of hydrogen-bond acceptors (Lipinski definition) is 1. The second kappa shape index (κ2) is 5.70. The van der Waals surface area contributed by atoms with Crippen molar-refractivity contribution in [3.05, 3.63) is 29.8 Å². The van der Waals surface area contributed by atoms with Crippen molar-refractivity contribution in [1.29, 1.82) is 5.26 Å². The van der Waals surface area contributed by atoms with E-state index in [4.69, 9.17) is 5.26 Å². The number of halogens is 3. The van der Waals surface area contributed by atoms with E-state index in [2.05, 4.69) is 0 Å². The Kier molecular flexibility index (Phi) is 5.77. The van der Waals surface area contributed by atoms with Crippen LogP contribution in [0.2, 0.25) is 0 Å². The van der Waals surface area contributed by atoms with Crippen molar-refractivity contribution in [3.63, 3.8) is 0 Å². The van der Waals surface area contributed by atoms with Gasteiger partial charge in [0.1, 0.15) is 0 Å². The standard InChI is InChI=1S/C10H10BF3N.K/c1-10(2,7-15)8-4-3-5-9(6-8)11(12,13)14;/h3-6H,1-2H3;/q-1;+1. The van der Waals surface area contributed by atoms with Gasteiger partial charge in [0.25, 0.3) is 0 Å². The molecule has 0 amide bonds. The second-order valence-electron chi connectivity index (χ2n) is 3.94. The second-order valence-corrected chi connectivity index (χ2v) is 3.94. The first-order valence-electron chi connectivity index (χ1n) is 4.49. The van der Waals surface area contributed by atoms with Gasteiger partial charge in [-0.3, -0.25) is 0 Å². The maximum absolute atomic E-state index is 12.4. The number of nitrogens with zero attached hydrogens (tertiary/aromatic N) is 1. The number of nitriles is 1. The molecule has 0 bridgehead atoms. The SMILES string of the molecule is CC(C)(C#N)c1cccc([B-](F)(F)F)c1.[K+]. The molecule has 0 aliphatic carbocycles. The molecule has 0 N–H and O–H groups in total. The summed E-state index contributed by atoms with van der Waals surface area (Å²) in [4.78, 5) is 0. The zero-order chi connectivity index (χ0) is 11.7. The van der Waals surface area contributed by atoms with E-state index in [-0.39, 0.29) is 51.4 Å². The maximum atomic E-state index is 12.4. The summed E-state index contributed by atoms with van der Waals surface area (Å²) in [6, 6.07) is 6.91. The predicted molar refractivity (Wildman–Crippen MR) is 53.8 cm³/mol. The average Bonchev–Trinajstić information content (AvgIpc) is 2.17. The fraction of sp³-hybridized carbons (Fsp3) is 0.300. The number of rotatable bonds is 2. The van der Waals surface area contributed by atoms with E-state index in [1.807, 2.05) is 6.07 Å². The van der Waals surface area contributed by atoms with E-state index in [9.17, 15) is 12.9 Å². The van der Waals surface area contributed by atoms with Crippen molar-refractivity contribution < 1.29 is 64.3 Å². The van der Waals surface area contributed by atoms with Crippen molar-refractivity contribution in [2.45, 2.75) is 19.3 Å². The van der Waals surface area contributed by atoms with Gasteiger partial charge in [0.15, 0.2) is 0 Å². The summed E-state index contributed by atoms with van der Waals surface area (Å²) in [6.07, 6.45) is 0. The quantitative estimate of drug-likeness (QED) is 0.653. The van der Waals surface area contributed by atoms with Gasteiger partial charge in [0.05, 0.1) is 11.5 Å². The molecular formula is C10H10BF3KN. The van der Waals surface area contributed by atoms with Crippen LogP contribution in [-0.4, -0.2) is 6.98 Å². The summed E-state index contributed by atoms with van der Waals surface area (Å²) in [5.74, 6) is 0. The summed E-state index contributed by atoms with van der Waals surface area (Å²) in [6.45, 7) is -1.81. The molecule has 1 rings (SSSR count). The molecule has 0 fully saturated rings. The smallest absolute Gasteiger partial charge is 0.445 e. The van der Waals surface area contributed by atoms with Crippen LogP contribution >= 0.6 is 0 Å². The Morgan fingerprint density at radius 3 is 2.25 bits per heavy atom. The summed E-state index contributed by atoms with van der Waals surface area (Å²) >= 11 is 0. The molecule has 0 unspecified atom stereocenters. The summed E-state index contributed by atoms with van der Waals surface area (Å²) in [5, 5.41) is 8.82. The first kappa shape index (κ1) is 16.2. The van der Waals surface area contributed by atoms with E-state index in [1.54, 1.807) is 13.8 Å². The zero-order valence-electron chi connectivity index (χ0n) is 9.47. The molecule has 0 atom stereocenters. The minimum Gasteiger partial charge on any atom is -0.445 e. The fourth-order valence-corrected chi connectivity index (χ4v) is 1.20. The maximum Gasteiger partial charge on any atom is 1.00 e. The number of hydrogen-bond donors (Lipinski definition) is 0. The van der Waals surface area contributed by atoms with Gasteiger partial charge in [-0.1, -0.05) is 24.3 Å². The molecule has 1 aromatic carbocycles. The summed E-state index contributed by atoms with van der Waals surface area (Å²) in [7, 11) is 0. The molecule has 0 saturated heterocycles. The Labute approximate surface area is 136 Å². The van der Waals surface area contributed by atoms with E-state index < -0.39 is 17.9 Å². The van der Waals surface area contributed by atoms with Crippen LogP contribution in [-0.2, 0) is 5.41 Å². The summed E-state index contributed by atoms with van der Waals surface area (Å²) in [5.41, 5.74) is -1.16. The van der Waals surface area contributed by atoms with E-state index in [0.29, 0.717) is 5.56 Å². The van der Waals surface area contributed by atoms with E-state index in [0.717, 1.165) is 12.1 Å². The van der Waals surface area contributed by atoms with Crippen LogP contribution in [0.1, 0.15) is 19.4 Å². The van der Waals surface area contributed by atoms with E-state index in [1.165, 1.54) is 12.1 Å². The molecule has 0 spiro atoms. The van der Waals surface area contributed by atoms with Gasteiger partial charge in [-0.05, 0) is 19.4 Å². The normalized spacial score (nSPS) is 11.5. The molecule has 1 nitrogen and oxygen atoms in total. The van der Waals surface area contributed by atoms with Crippen LogP contribution in [0.3, 0.4) is 0 Å². The Bertz CT molecular complexity index is 409. The molecule has 0 heterocycles. The van der Waals surface area contributed by atoms with Gasteiger partial charge in [-0.25, -0.2) is 0 Å². The van der Waals surface area contributed by atoms with Crippen molar-refractivity contribution >= 4 is 12.4 Å². The molecule has 80 valence electrons. The van der Waals surface area contributed by atoms with Gasteiger partial charge in [-0.15, -0.1) is 5.46 Å². The first-order chi connectivity index (χ1) is 6.77. The first-order valence-corrected chi connectivity index (χ1v) is 4.49. The van der Waals surface area contributed by atoms with Crippen LogP contribution in [0.25, 0.3) is 0 Å². The Hall–Kier alpha value is 0.201. The van der Waals surface area contributed by atoms with Crippen molar-refractivity contribution in [2.75, 3.05) is 0 Å². The molecule has 6 heteroatoms. The monoisotopic (exact) mass is 251 g/mol. The molecule has 0 saturated carbocycles. The largest absolute Gasteiger partial charge is 1.00 e. The Morgan fingerprint density at radius 1 is 1.25 bits per heavy atom. The molecule has 0 radical (unpaired) electrons. The Morgan fingerprint density at radius 2 is 1.81 bits per heavy atom. The molecular weight excluding hydrogens is 241 g/mol. The van der Waals surface area contributed by atoms with Gasteiger partial charge in [-0.2, -0.15) is 5.26 Å².